The zero-order valence-electron chi connectivity index (χ0n) is 12.7. The fourth-order valence-corrected chi connectivity index (χ4v) is 3.85. The summed E-state index contributed by atoms with van der Waals surface area (Å²) < 4.78 is 2.02. The molecule has 21 heavy (non-hydrogen) atoms. The van der Waals surface area contributed by atoms with Gasteiger partial charge in [-0.25, -0.2) is 4.98 Å². The van der Waals surface area contributed by atoms with E-state index < -0.39 is 0 Å². The van der Waals surface area contributed by atoms with Gasteiger partial charge in [0.2, 0.25) is 5.91 Å². The first kappa shape index (κ1) is 13.3. The quantitative estimate of drug-likeness (QED) is 0.908. The SMILES string of the molecule is Cn1ccnc1CN(C(=O)C1CC12CCNCC2)C1CC1. The molecule has 1 spiro atoms. The van der Waals surface area contributed by atoms with Gasteiger partial charge in [-0.3, -0.25) is 4.79 Å². The summed E-state index contributed by atoms with van der Waals surface area (Å²) in [7, 11) is 2.00. The van der Waals surface area contributed by atoms with Gasteiger partial charge in [-0.1, -0.05) is 0 Å². The fraction of sp³-hybridized carbons (Fsp3) is 0.750. The molecular formula is C16H24N4O. The van der Waals surface area contributed by atoms with E-state index in [0.717, 1.165) is 38.2 Å². The van der Waals surface area contributed by atoms with Crippen LogP contribution in [0.5, 0.6) is 0 Å². The van der Waals surface area contributed by atoms with E-state index in [4.69, 9.17) is 0 Å². The minimum atomic E-state index is 0.278. The summed E-state index contributed by atoms with van der Waals surface area (Å²) in [5.41, 5.74) is 0.330. The number of rotatable bonds is 4. The van der Waals surface area contributed by atoms with Gasteiger partial charge in [-0.15, -0.1) is 0 Å². The Kier molecular flexibility index (Phi) is 3.06. The maximum Gasteiger partial charge on any atom is 0.226 e. The average Bonchev–Trinajstić information content (AvgIpc) is 3.39. The lowest BCUT2D eigenvalue weighted by Crippen LogP contribution is -2.38. The number of nitrogens with zero attached hydrogens (tertiary/aromatic N) is 3. The van der Waals surface area contributed by atoms with Crippen LogP contribution in [0.25, 0.3) is 0 Å². The summed E-state index contributed by atoms with van der Waals surface area (Å²) >= 11 is 0. The second kappa shape index (κ2) is 4.83. The highest BCUT2D eigenvalue weighted by molar-refractivity contribution is 5.83. The number of aromatic nitrogens is 2. The Morgan fingerprint density at radius 2 is 2.24 bits per heavy atom. The molecule has 1 aliphatic heterocycles. The number of nitrogens with one attached hydrogen (secondary N) is 1. The van der Waals surface area contributed by atoms with Gasteiger partial charge < -0.3 is 14.8 Å². The maximum absolute atomic E-state index is 13.0. The van der Waals surface area contributed by atoms with Crippen molar-refractivity contribution in [1.29, 1.82) is 0 Å². The fourth-order valence-electron chi connectivity index (χ4n) is 3.85. The number of piperidine rings is 1. The Morgan fingerprint density at radius 1 is 1.48 bits per heavy atom. The molecule has 1 atom stereocenters. The van der Waals surface area contributed by atoms with E-state index in [2.05, 4.69) is 15.2 Å². The molecule has 0 radical (unpaired) electrons. The highest BCUT2D eigenvalue weighted by Gasteiger charge is 2.59. The Balaban J connectivity index is 1.47. The van der Waals surface area contributed by atoms with Crippen LogP contribution in [0.2, 0.25) is 0 Å². The average molecular weight is 288 g/mol. The Bertz CT molecular complexity index is 542. The number of aryl methyl sites for hydroxylation is 1. The molecule has 5 nitrogen and oxygen atoms in total. The number of amides is 1. The van der Waals surface area contributed by atoms with E-state index in [-0.39, 0.29) is 5.92 Å². The zero-order valence-corrected chi connectivity index (χ0v) is 12.7. The molecule has 1 N–H and O–H groups in total. The van der Waals surface area contributed by atoms with Crippen LogP contribution in [0.15, 0.2) is 12.4 Å². The molecule has 1 amide bonds. The summed E-state index contributed by atoms with van der Waals surface area (Å²) in [5, 5.41) is 3.41. The van der Waals surface area contributed by atoms with E-state index in [1.54, 1.807) is 0 Å². The van der Waals surface area contributed by atoms with Crippen molar-refractivity contribution in [2.45, 2.75) is 44.7 Å². The summed E-state index contributed by atoms with van der Waals surface area (Å²) in [5.74, 6) is 1.66. The van der Waals surface area contributed by atoms with Crippen LogP contribution >= 0.6 is 0 Å². The van der Waals surface area contributed by atoms with Gasteiger partial charge in [0.15, 0.2) is 0 Å². The third-order valence-electron chi connectivity index (χ3n) is 5.59. The first-order valence-electron chi connectivity index (χ1n) is 8.17. The molecule has 4 rings (SSSR count). The van der Waals surface area contributed by atoms with Crippen molar-refractivity contribution < 1.29 is 4.79 Å². The number of carbonyl (C=O) groups excluding carboxylic acids is 1. The molecule has 3 aliphatic rings. The van der Waals surface area contributed by atoms with Crippen molar-refractivity contribution in [3.05, 3.63) is 18.2 Å². The molecule has 2 saturated carbocycles. The summed E-state index contributed by atoms with van der Waals surface area (Å²) in [6.07, 6.45) is 9.55. The highest BCUT2D eigenvalue weighted by Crippen LogP contribution is 2.59. The molecule has 3 fully saturated rings. The monoisotopic (exact) mass is 288 g/mol. The van der Waals surface area contributed by atoms with E-state index >= 15 is 0 Å². The third-order valence-corrected chi connectivity index (χ3v) is 5.59. The molecule has 1 aromatic rings. The highest BCUT2D eigenvalue weighted by atomic mass is 16.2. The van der Waals surface area contributed by atoms with Crippen LogP contribution in [-0.4, -0.2) is 39.5 Å². The Hall–Kier alpha value is -1.36. The van der Waals surface area contributed by atoms with Crippen molar-refractivity contribution in [3.63, 3.8) is 0 Å². The number of carbonyl (C=O) groups is 1. The van der Waals surface area contributed by atoms with Gasteiger partial charge in [-0.05, 0) is 50.6 Å². The van der Waals surface area contributed by atoms with E-state index in [1.807, 2.05) is 24.0 Å². The van der Waals surface area contributed by atoms with E-state index in [9.17, 15) is 4.79 Å². The number of hydrogen-bond acceptors (Lipinski definition) is 3. The second-order valence-corrected chi connectivity index (χ2v) is 7.02. The lowest BCUT2D eigenvalue weighted by Gasteiger charge is -2.27. The Labute approximate surface area is 125 Å². The predicted molar refractivity (Wildman–Crippen MR) is 79.4 cm³/mol. The van der Waals surface area contributed by atoms with Crippen LogP contribution in [0, 0.1) is 11.3 Å². The molecule has 1 saturated heterocycles. The minimum Gasteiger partial charge on any atom is -0.337 e. The molecule has 0 bridgehead atoms. The van der Waals surface area contributed by atoms with Gasteiger partial charge in [0.05, 0.1) is 6.54 Å². The number of hydrogen-bond donors (Lipinski definition) is 1. The van der Waals surface area contributed by atoms with Gasteiger partial charge in [0.1, 0.15) is 5.82 Å². The van der Waals surface area contributed by atoms with Crippen LogP contribution in [0.1, 0.15) is 37.9 Å². The molecule has 5 heteroatoms. The Morgan fingerprint density at radius 3 is 2.86 bits per heavy atom. The first-order chi connectivity index (χ1) is 10.2. The van der Waals surface area contributed by atoms with Crippen molar-refractivity contribution in [3.8, 4) is 0 Å². The van der Waals surface area contributed by atoms with Gasteiger partial charge in [0.25, 0.3) is 0 Å². The molecule has 2 aliphatic carbocycles. The van der Waals surface area contributed by atoms with E-state index in [0.29, 0.717) is 23.9 Å². The molecule has 1 unspecified atom stereocenters. The third kappa shape index (κ3) is 2.37. The maximum atomic E-state index is 13.0. The van der Waals surface area contributed by atoms with Crippen molar-refractivity contribution in [2.24, 2.45) is 18.4 Å². The molecule has 2 heterocycles. The normalized spacial score (nSPS) is 26.8. The minimum absolute atomic E-state index is 0.278. The lowest BCUT2D eigenvalue weighted by molar-refractivity contribution is -0.135. The second-order valence-electron chi connectivity index (χ2n) is 7.02. The van der Waals surface area contributed by atoms with Crippen LogP contribution in [-0.2, 0) is 18.4 Å². The first-order valence-corrected chi connectivity index (χ1v) is 8.17. The van der Waals surface area contributed by atoms with Crippen LogP contribution < -0.4 is 5.32 Å². The summed E-state index contributed by atoms with van der Waals surface area (Å²) in [6, 6.07) is 0.466. The van der Waals surface area contributed by atoms with Crippen LogP contribution in [0.3, 0.4) is 0 Å². The van der Waals surface area contributed by atoms with Crippen molar-refractivity contribution in [2.75, 3.05) is 13.1 Å². The van der Waals surface area contributed by atoms with Gasteiger partial charge in [0, 0.05) is 31.4 Å². The molecule has 0 aromatic carbocycles. The molecule has 114 valence electrons. The van der Waals surface area contributed by atoms with Crippen LogP contribution in [0.4, 0.5) is 0 Å². The van der Waals surface area contributed by atoms with Crippen molar-refractivity contribution in [1.82, 2.24) is 19.8 Å². The largest absolute Gasteiger partial charge is 0.337 e. The standard InChI is InChI=1S/C16H24N4O/c1-19-9-8-18-14(19)11-20(12-2-3-12)15(21)13-10-16(13)4-6-17-7-5-16/h8-9,12-13,17H,2-7,10-11H2,1H3. The predicted octanol–water partition coefficient (Wildman–Crippen LogP) is 1.30. The lowest BCUT2D eigenvalue weighted by atomic mass is 9.91. The van der Waals surface area contributed by atoms with Gasteiger partial charge in [-0.2, -0.15) is 0 Å². The van der Waals surface area contributed by atoms with Gasteiger partial charge >= 0.3 is 0 Å². The topological polar surface area (TPSA) is 50.2 Å². The number of imidazole rings is 1. The van der Waals surface area contributed by atoms with E-state index in [1.165, 1.54) is 12.8 Å². The van der Waals surface area contributed by atoms with Crippen molar-refractivity contribution >= 4 is 5.91 Å². The smallest absolute Gasteiger partial charge is 0.226 e. The summed E-state index contributed by atoms with van der Waals surface area (Å²) in [4.78, 5) is 19.5. The summed E-state index contributed by atoms with van der Waals surface area (Å²) in [6.45, 7) is 2.83. The zero-order chi connectivity index (χ0) is 14.4. The molecular weight excluding hydrogens is 264 g/mol. The molecule has 1 aromatic heterocycles.